The van der Waals surface area contributed by atoms with Gasteiger partial charge < -0.3 is 14.2 Å². The summed E-state index contributed by atoms with van der Waals surface area (Å²) in [5.41, 5.74) is 2.79. The highest BCUT2D eigenvalue weighted by Crippen LogP contribution is 2.29. The third kappa shape index (κ3) is 6.42. The van der Waals surface area contributed by atoms with Crippen LogP contribution in [0.3, 0.4) is 0 Å². The van der Waals surface area contributed by atoms with Crippen LogP contribution in [0, 0.1) is 24.0 Å². The first kappa shape index (κ1) is 21.0. The van der Waals surface area contributed by atoms with Gasteiger partial charge in [-0.1, -0.05) is 23.8 Å². The number of carbonyl (C=O) groups excluding carboxylic acids is 1. The Morgan fingerprint density at radius 3 is 2.54 bits per heavy atom. The molecule has 0 fully saturated rings. The molecule has 0 heterocycles. The fourth-order valence-corrected chi connectivity index (χ4v) is 2.55. The Hall–Kier alpha value is -3.35. The predicted molar refractivity (Wildman–Crippen MR) is 105 cm³/mol. The van der Waals surface area contributed by atoms with Gasteiger partial charge in [0.1, 0.15) is 5.75 Å². The molecule has 2 aromatic carbocycles. The molecule has 0 N–H and O–H groups in total. The number of hydrogen-bond donors (Lipinski definition) is 0. The van der Waals surface area contributed by atoms with Crippen molar-refractivity contribution < 1.29 is 23.9 Å². The van der Waals surface area contributed by atoms with Gasteiger partial charge in [0.2, 0.25) is 6.20 Å². The zero-order chi connectivity index (χ0) is 20.5. The van der Waals surface area contributed by atoms with Crippen LogP contribution in [-0.4, -0.2) is 24.6 Å². The summed E-state index contributed by atoms with van der Waals surface area (Å²) in [5.74, 6) is 0.988. The number of ether oxygens (including phenoxy) is 3. The van der Waals surface area contributed by atoms with Gasteiger partial charge in [0.25, 0.3) is 0 Å². The Balaban J connectivity index is 1.85. The third-order valence-electron chi connectivity index (χ3n) is 3.91. The van der Waals surface area contributed by atoms with E-state index in [0.29, 0.717) is 24.3 Å². The van der Waals surface area contributed by atoms with Gasteiger partial charge in [0, 0.05) is 12.5 Å². The first-order valence-electron chi connectivity index (χ1n) is 8.79. The molecule has 0 spiro atoms. The quantitative estimate of drug-likeness (QED) is 0.210. The zero-order valence-electron chi connectivity index (χ0n) is 16.1. The molecule has 7 heteroatoms. The van der Waals surface area contributed by atoms with Crippen LogP contribution in [-0.2, 0) is 4.79 Å². The average molecular weight is 385 g/mol. The summed E-state index contributed by atoms with van der Waals surface area (Å²) in [5, 5.41) is 10.4. The van der Waals surface area contributed by atoms with Gasteiger partial charge in [0.15, 0.2) is 11.5 Å². The molecule has 0 aromatic heterocycles. The monoisotopic (exact) mass is 385 g/mol. The molecule has 0 aliphatic carbocycles. The summed E-state index contributed by atoms with van der Waals surface area (Å²) in [6.07, 6.45) is 2.86. The molecule has 148 valence electrons. The summed E-state index contributed by atoms with van der Waals surface area (Å²) in [4.78, 5) is 21.9. The van der Waals surface area contributed by atoms with Crippen LogP contribution >= 0.6 is 0 Å². The standard InChI is InChI=1S/C21H23NO6/c1-15-6-8-18(16(2)13-15)27-12-4-5-21(23)28-19-9-7-17(10-11-22(24)25)14-20(19)26-3/h6-11,13-14H,4-5,12H2,1-3H3/b11-10+. The van der Waals surface area contributed by atoms with Gasteiger partial charge in [0.05, 0.1) is 18.6 Å². The summed E-state index contributed by atoms with van der Waals surface area (Å²) >= 11 is 0. The van der Waals surface area contributed by atoms with E-state index in [2.05, 4.69) is 0 Å². The Morgan fingerprint density at radius 2 is 1.86 bits per heavy atom. The van der Waals surface area contributed by atoms with Crippen LogP contribution in [0.2, 0.25) is 0 Å². The SMILES string of the molecule is COc1cc(/C=C/[N+](=O)[O-])ccc1OC(=O)CCCOc1ccc(C)cc1C. The van der Waals surface area contributed by atoms with Gasteiger partial charge >= 0.3 is 5.97 Å². The van der Waals surface area contributed by atoms with Gasteiger partial charge in [-0.2, -0.15) is 0 Å². The molecule has 0 atom stereocenters. The van der Waals surface area contributed by atoms with Gasteiger partial charge in [-0.3, -0.25) is 14.9 Å². The smallest absolute Gasteiger partial charge is 0.311 e. The van der Waals surface area contributed by atoms with Crippen molar-refractivity contribution in [3.05, 3.63) is 69.4 Å². The minimum atomic E-state index is -0.555. The maximum atomic E-state index is 12.1. The first-order valence-corrected chi connectivity index (χ1v) is 8.79. The predicted octanol–water partition coefficient (Wildman–Crippen LogP) is 4.32. The van der Waals surface area contributed by atoms with E-state index in [9.17, 15) is 14.9 Å². The molecule has 0 aliphatic heterocycles. The summed E-state index contributed by atoms with van der Waals surface area (Å²) < 4.78 is 16.2. The van der Waals surface area contributed by atoms with E-state index in [1.807, 2.05) is 32.0 Å². The molecule has 0 aliphatic rings. The first-order chi connectivity index (χ1) is 13.4. The molecule has 7 nitrogen and oxygen atoms in total. The normalized spacial score (nSPS) is 10.7. The number of nitro groups is 1. The van der Waals surface area contributed by atoms with Crippen LogP contribution in [0.1, 0.15) is 29.5 Å². The van der Waals surface area contributed by atoms with Crippen molar-refractivity contribution >= 4 is 12.0 Å². The highest BCUT2D eigenvalue weighted by molar-refractivity contribution is 5.73. The van der Waals surface area contributed by atoms with E-state index in [0.717, 1.165) is 17.5 Å². The zero-order valence-corrected chi connectivity index (χ0v) is 16.1. The number of aryl methyl sites for hydroxylation is 2. The van der Waals surface area contributed by atoms with E-state index in [1.54, 1.807) is 18.2 Å². The molecule has 0 saturated heterocycles. The molecule has 0 radical (unpaired) electrons. The maximum Gasteiger partial charge on any atom is 0.311 e. The molecular formula is C21H23NO6. The minimum Gasteiger partial charge on any atom is -0.493 e. The van der Waals surface area contributed by atoms with Crippen LogP contribution in [0.5, 0.6) is 17.2 Å². The average Bonchev–Trinajstić information content (AvgIpc) is 2.65. The van der Waals surface area contributed by atoms with Crippen LogP contribution in [0.25, 0.3) is 6.08 Å². The lowest BCUT2D eigenvalue weighted by atomic mass is 10.1. The largest absolute Gasteiger partial charge is 0.493 e. The Bertz CT molecular complexity index is 875. The molecule has 2 rings (SSSR count). The summed E-state index contributed by atoms with van der Waals surface area (Å²) in [7, 11) is 1.44. The lowest BCUT2D eigenvalue weighted by Gasteiger charge is -2.11. The van der Waals surface area contributed by atoms with Crippen molar-refractivity contribution in [2.45, 2.75) is 26.7 Å². The second-order valence-electron chi connectivity index (χ2n) is 6.21. The van der Waals surface area contributed by atoms with E-state index in [1.165, 1.54) is 18.7 Å². The lowest BCUT2D eigenvalue weighted by Crippen LogP contribution is -2.10. The van der Waals surface area contributed by atoms with Gasteiger partial charge in [-0.25, -0.2) is 0 Å². The fraction of sp³-hybridized carbons (Fsp3) is 0.286. The summed E-state index contributed by atoms with van der Waals surface area (Å²) in [6, 6.07) is 10.7. The van der Waals surface area contributed by atoms with E-state index >= 15 is 0 Å². The number of rotatable bonds is 9. The number of benzene rings is 2. The van der Waals surface area contributed by atoms with E-state index < -0.39 is 10.9 Å². The lowest BCUT2D eigenvalue weighted by molar-refractivity contribution is -0.400. The van der Waals surface area contributed by atoms with Crippen molar-refractivity contribution in [2.75, 3.05) is 13.7 Å². The third-order valence-corrected chi connectivity index (χ3v) is 3.91. The van der Waals surface area contributed by atoms with Crippen molar-refractivity contribution in [3.63, 3.8) is 0 Å². The van der Waals surface area contributed by atoms with Gasteiger partial charge in [-0.15, -0.1) is 0 Å². The molecule has 0 bridgehead atoms. The van der Waals surface area contributed by atoms with Crippen molar-refractivity contribution in [1.82, 2.24) is 0 Å². The molecule has 28 heavy (non-hydrogen) atoms. The molecule has 0 saturated carbocycles. The number of methoxy groups -OCH3 is 1. The highest BCUT2D eigenvalue weighted by Gasteiger charge is 2.11. The number of hydrogen-bond acceptors (Lipinski definition) is 6. The Labute approximate surface area is 163 Å². The van der Waals surface area contributed by atoms with E-state index in [4.69, 9.17) is 14.2 Å². The van der Waals surface area contributed by atoms with Gasteiger partial charge in [-0.05, 0) is 49.6 Å². The van der Waals surface area contributed by atoms with E-state index in [-0.39, 0.29) is 12.2 Å². The Morgan fingerprint density at radius 1 is 1.11 bits per heavy atom. The second-order valence-corrected chi connectivity index (χ2v) is 6.21. The van der Waals surface area contributed by atoms with Crippen molar-refractivity contribution in [1.29, 1.82) is 0 Å². The maximum absolute atomic E-state index is 12.1. The highest BCUT2D eigenvalue weighted by atomic mass is 16.6. The molecule has 2 aromatic rings. The topological polar surface area (TPSA) is 87.9 Å². The second kappa shape index (κ2) is 10.1. The Kier molecular flexibility index (Phi) is 7.56. The molecule has 0 amide bonds. The van der Waals surface area contributed by atoms with Crippen molar-refractivity contribution in [2.24, 2.45) is 0 Å². The number of esters is 1. The van der Waals surface area contributed by atoms with Crippen molar-refractivity contribution in [3.8, 4) is 17.2 Å². The number of nitrogens with zero attached hydrogens (tertiary/aromatic N) is 1. The molecular weight excluding hydrogens is 362 g/mol. The molecule has 0 unspecified atom stereocenters. The minimum absolute atomic E-state index is 0.192. The number of carbonyl (C=O) groups is 1. The fourth-order valence-electron chi connectivity index (χ4n) is 2.55. The van der Waals surface area contributed by atoms with Crippen LogP contribution in [0.15, 0.2) is 42.6 Å². The van der Waals surface area contributed by atoms with Crippen LogP contribution in [0.4, 0.5) is 0 Å². The summed E-state index contributed by atoms with van der Waals surface area (Å²) in [6.45, 7) is 4.40. The van der Waals surface area contributed by atoms with Crippen LogP contribution < -0.4 is 14.2 Å².